The first-order chi connectivity index (χ1) is 14.3. The third kappa shape index (κ3) is 4.79. The van der Waals surface area contributed by atoms with Gasteiger partial charge >= 0.3 is 0 Å². The Kier molecular flexibility index (Phi) is 5.81. The van der Waals surface area contributed by atoms with E-state index in [0.717, 1.165) is 28.2 Å². The third-order valence-corrected chi connectivity index (χ3v) is 4.37. The number of oxime groups is 1. The molecule has 0 fully saturated rings. The van der Waals surface area contributed by atoms with Crippen LogP contribution in [0.1, 0.15) is 16.7 Å². The van der Waals surface area contributed by atoms with Crippen LogP contribution in [0.4, 0.5) is 0 Å². The molecule has 0 saturated carbocycles. The summed E-state index contributed by atoms with van der Waals surface area (Å²) in [5.74, 6) is 2.79. The maximum Gasteiger partial charge on any atom is 0.231 e. The maximum atomic E-state index is 5.87. The number of hydrogen-bond donors (Lipinski definition) is 0. The van der Waals surface area contributed by atoms with E-state index in [1.165, 1.54) is 0 Å². The molecule has 0 amide bonds. The van der Waals surface area contributed by atoms with Gasteiger partial charge in [-0.15, -0.1) is 0 Å². The van der Waals surface area contributed by atoms with Gasteiger partial charge < -0.3 is 23.8 Å². The SMILES string of the molecule is COc1cc(/C=N\OCc2ccc3c(c2)OCO3)ccc1OCc1ccccc1. The molecule has 0 atom stereocenters. The van der Waals surface area contributed by atoms with Crippen LogP contribution in [-0.4, -0.2) is 20.1 Å². The first-order valence-electron chi connectivity index (χ1n) is 9.20. The van der Waals surface area contributed by atoms with Gasteiger partial charge in [-0.3, -0.25) is 0 Å². The van der Waals surface area contributed by atoms with Crippen LogP contribution >= 0.6 is 0 Å². The standard InChI is InChI=1S/C23H21NO5/c1-25-22-11-18(7-9-20(22)26-14-17-5-3-2-4-6-17)13-24-29-15-19-8-10-21-23(12-19)28-16-27-21/h2-13H,14-16H2,1H3/b24-13-. The summed E-state index contributed by atoms with van der Waals surface area (Å²) in [6, 6.07) is 21.3. The Morgan fingerprint density at radius 2 is 1.72 bits per heavy atom. The van der Waals surface area contributed by atoms with Crippen molar-refractivity contribution < 1.29 is 23.8 Å². The zero-order valence-corrected chi connectivity index (χ0v) is 16.0. The van der Waals surface area contributed by atoms with Gasteiger partial charge in [-0.25, -0.2) is 0 Å². The molecule has 0 radical (unpaired) electrons. The minimum Gasteiger partial charge on any atom is -0.493 e. The molecule has 1 heterocycles. The molecule has 0 saturated heterocycles. The average Bonchev–Trinajstić information content (AvgIpc) is 3.24. The van der Waals surface area contributed by atoms with Crippen molar-refractivity contribution in [1.29, 1.82) is 0 Å². The summed E-state index contributed by atoms with van der Waals surface area (Å²) in [5, 5.41) is 4.04. The summed E-state index contributed by atoms with van der Waals surface area (Å²) in [4.78, 5) is 5.39. The lowest BCUT2D eigenvalue weighted by Crippen LogP contribution is -1.98. The number of rotatable bonds is 8. The smallest absolute Gasteiger partial charge is 0.231 e. The van der Waals surface area contributed by atoms with Crippen LogP contribution in [0.15, 0.2) is 71.9 Å². The zero-order valence-electron chi connectivity index (χ0n) is 16.0. The summed E-state index contributed by atoms with van der Waals surface area (Å²) in [6.45, 7) is 1.07. The largest absolute Gasteiger partial charge is 0.493 e. The van der Waals surface area contributed by atoms with Crippen molar-refractivity contribution in [3.05, 3.63) is 83.4 Å². The van der Waals surface area contributed by atoms with E-state index >= 15 is 0 Å². The Hall–Kier alpha value is -3.67. The monoisotopic (exact) mass is 391 g/mol. The number of fused-ring (bicyclic) bond motifs is 1. The molecule has 1 aliphatic rings. The van der Waals surface area contributed by atoms with Crippen LogP contribution in [-0.2, 0) is 18.1 Å². The fourth-order valence-corrected chi connectivity index (χ4v) is 2.86. The fourth-order valence-electron chi connectivity index (χ4n) is 2.86. The molecule has 3 aromatic carbocycles. The molecule has 0 aliphatic carbocycles. The van der Waals surface area contributed by atoms with Gasteiger partial charge in [0, 0.05) is 5.56 Å². The number of methoxy groups -OCH3 is 1. The minimum atomic E-state index is 0.255. The normalized spacial score (nSPS) is 12.2. The predicted octanol–water partition coefficient (Wildman–Crippen LogP) is 4.55. The van der Waals surface area contributed by atoms with E-state index in [2.05, 4.69) is 5.16 Å². The van der Waals surface area contributed by atoms with Crippen molar-refractivity contribution in [2.75, 3.05) is 13.9 Å². The van der Waals surface area contributed by atoms with Gasteiger partial charge in [-0.1, -0.05) is 41.6 Å². The molecule has 3 aromatic rings. The Morgan fingerprint density at radius 3 is 2.59 bits per heavy atom. The second-order valence-electron chi connectivity index (χ2n) is 6.38. The van der Waals surface area contributed by atoms with Crippen molar-refractivity contribution in [2.45, 2.75) is 13.2 Å². The molecule has 0 N–H and O–H groups in total. The fraction of sp³-hybridized carbons (Fsp3) is 0.174. The molecule has 1 aliphatic heterocycles. The van der Waals surface area contributed by atoms with Crippen LogP contribution in [0.25, 0.3) is 0 Å². The molecule has 0 bridgehead atoms. The molecule has 0 aromatic heterocycles. The van der Waals surface area contributed by atoms with E-state index in [1.807, 2.05) is 66.7 Å². The highest BCUT2D eigenvalue weighted by atomic mass is 16.7. The molecule has 6 heteroatoms. The van der Waals surface area contributed by atoms with E-state index in [0.29, 0.717) is 24.7 Å². The number of nitrogens with zero attached hydrogens (tertiary/aromatic N) is 1. The number of ether oxygens (including phenoxy) is 4. The highest BCUT2D eigenvalue weighted by Crippen LogP contribution is 2.32. The number of hydrogen-bond acceptors (Lipinski definition) is 6. The molecule has 148 valence electrons. The van der Waals surface area contributed by atoms with E-state index in [1.54, 1.807) is 13.3 Å². The lowest BCUT2D eigenvalue weighted by atomic mass is 10.2. The second kappa shape index (κ2) is 9.01. The molecule has 0 unspecified atom stereocenters. The van der Waals surface area contributed by atoms with Crippen LogP contribution < -0.4 is 18.9 Å². The second-order valence-corrected chi connectivity index (χ2v) is 6.38. The van der Waals surface area contributed by atoms with Crippen LogP contribution in [0.3, 0.4) is 0 Å². The first-order valence-corrected chi connectivity index (χ1v) is 9.20. The van der Waals surface area contributed by atoms with Gasteiger partial charge in [0.1, 0.15) is 13.2 Å². The van der Waals surface area contributed by atoms with E-state index in [4.69, 9.17) is 23.8 Å². The summed E-state index contributed by atoms with van der Waals surface area (Å²) in [7, 11) is 1.61. The summed E-state index contributed by atoms with van der Waals surface area (Å²) in [6.07, 6.45) is 1.64. The van der Waals surface area contributed by atoms with Crippen molar-refractivity contribution >= 4 is 6.21 Å². The molecule has 4 rings (SSSR count). The molecular weight excluding hydrogens is 370 g/mol. The summed E-state index contributed by atoms with van der Waals surface area (Å²) in [5.41, 5.74) is 2.89. The molecule has 6 nitrogen and oxygen atoms in total. The third-order valence-electron chi connectivity index (χ3n) is 4.37. The Morgan fingerprint density at radius 1 is 0.862 bits per heavy atom. The van der Waals surface area contributed by atoms with E-state index in [9.17, 15) is 0 Å². The van der Waals surface area contributed by atoms with E-state index in [-0.39, 0.29) is 6.79 Å². The van der Waals surface area contributed by atoms with Crippen molar-refractivity contribution in [3.63, 3.8) is 0 Å². The highest BCUT2D eigenvalue weighted by molar-refractivity contribution is 5.80. The van der Waals surface area contributed by atoms with Crippen molar-refractivity contribution in [2.24, 2.45) is 5.16 Å². The predicted molar refractivity (Wildman–Crippen MR) is 109 cm³/mol. The average molecular weight is 391 g/mol. The Balaban J connectivity index is 1.33. The van der Waals surface area contributed by atoms with E-state index < -0.39 is 0 Å². The molecule has 29 heavy (non-hydrogen) atoms. The van der Waals surface area contributed by atoms with Gasteiger partial charge in [0.05, 0.1) is 13.3 Å². The summed E-state index contributed by atoms with van der Waals surface area (Å²) >= 11 is 0. The lowest BCUT2D eigenvalue weighted by Gasteiger charge is -2.11. The quantitative estimate of drug-likeness (QED) is 0.416. The van der Waals surface area contributed by atoms with Crippen LogP contribution in [0, 0.1) is 0 Å². The van der Waals surface area contributed by atoms with Gasteiger partial charge in [0.2, 0.25) is 6.79 Å². The minimum absolute atomic E-state index is 0.255. The lowest BCUT2D eigenvalue weighted by molar-refractivity contribution is 0.132. The van der Waals surface area contributed by atoms with Gasteiger partial charge in [0.15, 0.2) is 23.0 Å². The Bertz CT molecular complexity index is 988. The van der Waals surface area contributed by atoms with Gasteiger partial charge in [0.25, 0.3) is 0 Å². The molecular formula is C23H21NO5. The summed E-state index contributed by atoms with van der Waals surface area (Å²) < 4.78 is 22.0. The van der Waals surface area contributed by atoms with Crippen molar-refractivity contribution in [3.8, 4) is 23.0 Å². The maximum absolute atomic E-state index is 5.87. The van der Waals surface area contributed by atoms with Gasteiger partial charge in [-0.05, 0) is 41.5 Å². The topological polar surface area (TPSA) is 58.5 Å². The van der Waals surface area contributed by atoms with Crippen molar-refractivity contribution in [1.82, 2.24) is 0 Å². The van der Waals surface area contributed by atoms with Crippen LogP contribution in [0.2, 0.25) is 0 Å². The Labute approximate surface area is 169 Å². The highest BCUT2D eigenvalue weighted by Gasteiger charge is 2.13. The van der Waals surface area contributed by atoms with Gasteiger partial charge in [-0.2, -0.15) is 0 Å². The molecule has 0 spiro atoms. The number of benzene rings is 3. The van der Waals surface area contributed by atoms with Crippen LogP contribution in [0.5, 0.6) is 23.0 Å². The first kappa shape index (κ1) is 18.7. The zero-order chi connectivity index (χ0) is 19.9.